The fourth-order valence-corrected chi connectivity index (χ4v) is 4.15. The molecule has 0 aromatic heterocycles. The number of carbonyl (C=O) groups excluding carboxylic acids is 2. The quantitative estimate of drug-likeness (QED) is 0.721. The summed E-state index contributed by atoms with van der Waals surface area (Å²) in [5, 5.41) is 3.04. The van der Waals surface area contributed by atoms with E-state index in [-0.39, 0.29) is 30.1 Å². The highest BCUT2D eigenvalue weighted by Crippen LogP contribution is 2.44. The van der Waals surface area contributed by atoms with E-state index >= 15 is 0 Å². The number of hydrogen-bond acceptors (Lipinski definition) is 3. The zero-order chi connectivity index (χ0) is 20.7. The first-order chi connectivity index (χ1) is 14.6. The third-order valence-electron chi connectivity index (χ3n) is 5.55. The molecule has 150 valence electrons. The average Bonchev–Trinajstić information content (AvgIpc) is 3.12. The van der Waals surface area contributed by atoms with Gasteiger partial charge in [0.15, 0.2) is 0 Å². The van der Waals surface area contributed by atoms with Crippen molar-refractivity contribution in [3.8, 4) is 11.5 Å². The molecule has 5 rings (SSSR count). The fourth-order valence-electron chi connectivity index (χ4n) is 4.15. The van der Waals surface area contributed by atoms with Gasteiger partial charge in [-0.2, -0.15) is 0 Å². The van der Waals surface area contributed by atoms with Gasteiger partial charge in [0, 0.05) is 29.8 Å². The van der Waals surface area contributed by atoms with E-state index in [0.29, 0.717) is 23.7 Å². The van der Waals surface area contributed by atoms with Crippen LogP contribution in [0.3, 0.4) is 0 Å². The van der Waals surface area contributed by atoms with Crippen molar-refractivity contribution in [2.75, 3.05) is 11.4 Å². The number of fused-ring (bicyclic) bond motifs is 2. The number of rotatable bonds is 3. The molecular formula is C24H19FN2O3. The molecule has 2 heterocycles. The van der Waals surface area contributed by atoms with E-state index in [4.69, 9.17) is 4.74 Å². The second-order valence-electron chi connectivity index (χ2n) is 7.50. The number of hydrogen-bond donors (Lipinski definition) is 1. The largest absolute Gasteiger partial charge is 0.457 e. The molecule has 0 radical (unpaired) electrons. The lowest BCUT2D eigenvalue weighted by Gasteiger charge is -2.28. The highest BCUT2D eigenvalue weighted by Gasteiger charge is 2.36. The van der Waals surface area contributed by atoms with E-state index in [9.17, 15) is 14.0 Å². The Balaban J connectivity index is 1.39. The van der Waals surface area contributed by atoms with Gasteiger partial charge >= 0.3 is 0 Å². The molecule has 3 aromatic rings. The number of ether oxygens (including phenoxy) is 1. The minimum absolute atomic E-state index is 0.0975. The Labute approximate surface area is 173 Å². The second kappa shape index (κ2) is 7.30. The minimum atomic E-state index is -0.513. The number of nitrogens with zero attached hydrogens (tertiary/aromatic N) is 1. The molecule has 1 fully saturated rings. The molecule has 1 saturated heterocycles. The Morgan fingerprint density at radius 3 is 2.17 bits per heavy atom. The number of carbonyl (C=O) groups is 2. The molecular weight excluding hydrogens is 383 g/mol. The van der Waals surface area contributed by atoms with Crippen LogP contribution >= 0.6 is 0 Å². The van der Waals surface area contributed by atoms with E-state index < -0.39 is 5.92 Å². The Bertz CT molecular complexity index is 1080. The summed E-state index contributed by atoms with van der Waals surface area (Å²) >= 11 is 0. The zero-order valence-corrected chi connectivity index (χ0v) is 16.0. The van der Waals surface area contributed by atoms with Crippen molar-refractivity contribution in [2.45, 2.75) is 18.4 Å². The van der Waals surface area contributed by atoms with Crippen LogP contribution in [0.5, 0.6) is 11.5 Å². The van der Waals surface area contributed by atoms with Gasteiger partial charge in [-0.1, -0.05) is 36.4 Å². The lowest BCUT2D eigenvalue weighted by atomic mass is 9.87. The standard InChI is InChI=1S/C24H19FN2O3/c25-15-9-11-17(12-10-15)27-14-16(13-22(27)28)26-24(29)23-18-5-1-3-7-20(18)30-21-8-4-2-6-19(21)23/h1-12,16,23H,13-14H2,(H,26,29)/t16-/m1/s1. The first-order valence-electron chi connectivity index (χ1n) is 9.82. The van der Waals surface area contributed by atoms with E-state index in [0.717, 1.165) is 11.1 Å². The van der Waals surface area contributed by atoms with Crippen molar-refractivity contribution in [2.24, 2.45) is 0 Å². The molecule has 0 spiro atoms. The third-order valence-corrected chi connectivity index (χ3v) is 5.55. The Kier molecular flexibility index (Phi) is 4.47. The van der Waals surface area contributed by atoms with Crippen LogP contribution in [0, 0.1) is 5.82 Å². The number of halogens is 1. The van der Waals surface area contributed by atoms with Crippen molar-refractivity contribution in [3.05, 3.63) is 89.7 Å². The monoisotopic (exact) mass is 402 g/mol. The minimum Gasteiger partial charge on any atom is -0.457 e. The predicted octanol–water partition coefficient (Wildman–Crippen LogP) is 3.99. The summed E-state index contributed by atoms with van der Waals surface area (Å²) in [6.45, 7) is 0.350. The molecule has 0 saturated carbocycles. The maximum absolute atomic E-state index is 13.3. The van der Waals surface area contributed by atoms with E-state index in [1.165, 1.54) is 12.1 Å². The summed E-state index contributed by atoms with van der Waals surface area (Å²) in [5.41, 5.74) is 2.22. The molecule has 5 nitrogen and oxygen atoms in total. The molecule has 2 aliphatic rings. The average molecular weight is 402 g/mol. The van der Waals surface area contributed by atoms with Crippen molar-refractivity contribution in [1.29, 1.82) is 0 Å². The van der Waals surface area contributed by atoms with Gasteiger partial charge in [0.25, 0.3) is 0 Å². The number of amides is 2. The van der Waals surface area contributed by atoms with Crippen LogP contribution in [0.1, 0.15) is 23.5 Å². The summed E-state index contributed by atoms with van der Waals surface area (Å²) in [5.74, 6) is 0.184. The number of benzene rings is 3. The molecule has 2 aliphatic heterocycles. The van der Waals surface area contributed by atoms with Crippen LogP contribution in [0.2, 0.25) is 0 Å². The van der Waals surface area contributed by atoms with E-state index in [2.05, 4.69) is 5.32 Å². The van der Waals surface area contributed by atoms with Gasteiger partial charge in [-0.15, -0.1) is 0 Å². The summed E-state index contributed by atoms with van der Waals surface area (Å²) in [6.07, 6.45) is 0.204. The molecule has 0 aliphatic carbocycles. The van der Waals surface area contributed by atoms with E-state index in [1.54, 1.807) is 17.0 Å². The number of anilines is 1. The van der Waals surface area contributed by atoms with Crippen molar-refractivity contribution in [1.82, 2.24) is 5.32 Å². The van der Waals surface area contributed by atoms with Crippen LogP contribution in [0.25, 0.3) is 0 Å². The van der Waals surface area contributed by atoms with Gasteiger partial charge in [-0.3, -0.25) is 9.59 Å². The number of nitrogens with one attached hydrogen (secondary N) is 1. The van der Waals surface area contributed by atoms with Crippen LogP contribution < -0.4 is 15.0 Å². The maximum atomic E-state index is 13.3. The van der Waals surface area contributed by atoms with Gasteiger partial charge in [0.05, 0.1) is 12.0 Å². The van der Waals surface area contributed by atoms with Crippen molar-refractivity contribution >= 4 is 17.5 Å². The summed E-state index contributed by atoms with van der Waals surface area (Å²) in [7, 11) is 0. The molecule has 6 heteroatoms. The highest BCUT2D eigenvalue weighted by atomic mass is 19.1. The molecule has 0 bridgehead atoms. The molecule has 2 amide bonds. The van der Waals surface area contributed by atoms with Gasteiger partial charge < -0.3 is 15.0 Å². The maximum Gasteiger partial charge on any atom is 0.232 e. The topological polar surface area (TPSA) is 58.6 Å². The lowest BCUT2D eigenvalue weighted by molar-refractivity contribution is -0.122. The molecule has 30 heavy (non-hydrogen) atoms. The SMILES string of the molecule is O=C(N[C@@H]1CC(=O)N(c2ccc(F)cc2)C1)C1c2ccccc2Oc2ccccc21. The predicted molar refractivity (Wildman–Crippen MR) is 110 cm³/mol. The van der Waals surface area contributed by atoms with Crippen molar-refractivity contribution in [3.63, 3.8) is 0 Å². The molecule has 0 unspecified atom stereocenters. The smallest absolute Gasteiger partial charge is 0.232 e. The van der Waals surface area contributed by atoms with Crippen LogP contribution in [-0.2, 0) is 9.59 Å². The van der Waals surface area contributed by atoms with Crippen LogP contribution in [-0.4, -0.2) is 24.4 Å². The van der Waals surface area contributed by atoms with Gasteiger partial charge in [0.2, 0.25) is 11.8 Å². The van der Waals surface area contributed by atoms with Gasteiger partial charge in [-0.25, -0.2) is 4.39 Å². The third kappa shape index (κ3) is 3.20. The van der Waals surface area contributed by atoms with Crippen LogP contribution in [0.4, 0.5) is 10.1 Å². The second-order valence-corrected chi connectivity index (χ2v) is 7.50. The Morgan fingerprint density at radius 1 is 0.933 bits per heavy atom. The molecule has 1 atom stereocenters. The summed E-state index contributed by atoms with van der Waals surface area (Å²) < 4.78 is 19.2. The normalized spacial score (nSPS) is 17.8. The lowest BCUT2D eigenvalue weighted by Crippen LogP contribution is -2.40. The first-order valence-corrected chi connectivity index (χ1v) is 9.82. The Morgan fingerprint density at radius 2 is 1.53 bits per heavy atom. The molecule has 3 aromatic carbocycles. The molecule has 1 N–H and O–H groups in total. The highest BCUT2D eigenvalue weighted by molar-refractivity contribution is 5.97. The first kappa shape index (κ1) is 18.4. The Hall–Kier alpha value is -3.67. The van der Waals surface area contributed by atoms with Crippen molar-refractivity contribution < 1.29 is 18.7 Å². The van der Waals surface area contributed by atoms with Gasteiger partial charge in [-0.05, 0) is 36.4 Å². The van der Waals surface area contributed by atoms with E-state index in [1.807, 2.05) is 48.5 Å². The van der Waals surface area contributed by atoms with Gasteiger partial charge in [0.1, 0.15) is 17.3 Å². The fraction of sp³-hybridized carbons (Fsp3) is 0.167. The summed E-state index contributed by atoms with van der Waals surface area (Å²) in [4.78, 5) is 27.4. The van der Waals surface area contributed by atoms with Crippen LogP contribution in [0.15, 0.2) is 72.8 Å². The summed E-state index contributed by atoms with van der Waals surface area (Å²) in [6, 6.07) is 20.5. The zero-order valence-electron chi connectivity index (χ0n) is 16.0. The number of para-hydroxylation sites is 2.